The van der Waals surface area contributed by atoms with E-state index >= 15 is 0 Å². The highest BCUT2D eigenvalue weighted by Gasteiger charge is 2.12. The molecule has 22 heavy (non-hydrogen) atoms. The van der Waals surface area contributed by atoms with Crippen molar-refractivity contribution >= 4 is 18.0 Å². The molecule has 0 saturated carbocycles. The fraction of sp³-hybridized carbons (Fsp3) is 0.167. The second-order valence-corrected chi connectivity index (χ2v) is 5.04. The summed E-state index contributed by atoms with van der Waals surface area (Å²) in [6.07, 6.45) is 0.693. The summed E-state index contributed by atoms with van der Waals surface area (Å²) < 4.78 is 5.01. The van der Waals surface area contributed by atoms with Crippen LogP contribution in [0, 0.1) is 13.8 Å². The summed E-state index contributed by atoms with van der Waals surface area (Å²) >= 11 is 0. The molecule has 4 nitrogen and oxygen atoms in total. The van der Waals surface area contributed by atoms with E-state index in [9.17, 15) is 14.4 Å². The van der Waals surface area contributed by atoms with Crippen molar-refractivity contribution in [3.8, 4) is 0 Å². The lowest BCUT2D eigenvalue weighted by Crippen LogP contribution is -2.14. The number of carbonyl (C=O) groups is 3. The number of aldehydes is 1. The molecule has 0 fully saturated rings. The largest absolute Gasteiger partial charge is 0.454 e. The Kier molecular flexibility index (Phi) is 4.84. The number of benzene rings is 2. The first-order chi connectivity index (χ1) is 10.5. The van der Waals surface area contributed by atoms with Crippen molar-refractivity contribution in [2.24, 2.45) is 0 Å². The molecule has 2 aromatic rings. The molecule has 0 aliphatic carbocycles. The average molecular weight is 296 g/mol. The molecule has 0 heterocycles. The molecule has 0 atom stereocenters. The Morgan fingerprint density at radius 2 is 1.59 bits per heavy atom. The fourth-order valence-corrected chi connectivity index (χ4v) is 1.91. The summed E-state index contributed by atoms with van der Waals surface area (Å²) in [5.74, 6) is -0.837. The number of hydrogen-bond donors (Lipinski definition) is 0. The molecule has 4 heteroatoms. The van der Waals surface area contributed by atoms with E-state index < -0.39 is 5.97 Å². The number of aryl methyl sites for hydroxylation is 2. The predicted molar refractivity (Wildman–Crippen MR) is 82.4 cm³/mol. The van der Waals surface area contributed by atoms with Crippen LogP contribution in [-0.4, -0.2) is 24.6 Å². The van der Waals surface area contributed by atoms with E-state index in [1.807, 2.05) is 19.9 Å². The SMILES string of the molecule is Cc1ccc(C(=O)COC(=O)c2ccc(C=O)cc2)cc1C. The highest BCUT2D eigenvalue weighted by atomic mass is 16.5. The lowest BCUT2D eigenvalue weighted by Gasteiger charge is -2.06. The van der Waals surface area contributed by atoms with Crippen molar-refractivity contribution in [3.63, 3.8) is 0 Å². The maximum atomic E-state index is 12.0. The van der Waals surface area contributed by atoms with Crippen LogP contribution in [0.4, 0.5) is 0 Å². The normalized spacial score (nSPS) is 10.1. The third-order valence-corrected chi connectivity index (χ3v) is 3.45. The van der Waals surface area contributed by atoms with Gasteiger partial charge in [0.2, 0.25) is 0 Å². The first-order valence-electron chi connectivity index (χ1n) is 6.84. The molecule has 0 bridgehead atoms. The summed E-state index contributed by atoms with van der Waals surface area (Å²) in [4.78, 5) is 34.4. The zero-order valence-corrected chi connectivity index (χ0v) is 12.5. The van der Waals surface area contributed by atoms with Gasteiger partial charge in [-0.05, 0) is 43.2 Å². The third-order valence-electron chi connectivity index (χ3n) is 3.45. The van der Waals surface area contributed by atoms with E-state index in [0.29, 0.717) is 23.0 Å². The first-order valence-corrected chi connectivity index (χ1v) is 6.84. The summed E-state index contributed by atoms with van der Waals surface area (Å²) in [7, 11) is 0. The summed E-state index contributed by atoms with van der Waals surface area (Å²) in [5.41, 5.74) is 3.42. The number of hydrogen-bond acceptors (Lipinski definition) is 4. The van der Waals surface area contributed by atoms with Crippen LogP contribution in [0.2, 0.25) is 0 Å². The highest BCUT2D eigenvalue weighted by molar-refractivity contribution is 5.99. The van der Waals surface area contributed by atoms with Crippen LogP contribution in [0.15, 0.2) is 42.5 Å². The molecule has 0 radical (unpaired) electrons. The maximum absolute atomic E-state index is 12.0. The molecule has 0 aliphatic rings. The van der Waals surface area contributed by atoms with Crippen LogP contribution >= 0.6 is 0 Å². The minimum Gasteiger partial charge on any atom is -0.454 e. The second-order valence-electron chi connectivity index (χ2n) is 5.04. The van der Waals surface area contributed by atoms with Crippen LogP contribution in [0.1, 0.15) is 42.2 Å². The average Bonchev–Trinajstić information content (AvgIpc) is 2.54. The molecule has 112 valence electrons. The minimum absolute atomic E-state index is 0.249. The molecule has 2 aromatic carbocycles. The Balaban J connectivity index is 1.98. The molecular formula is C18H16O4. The summed E-state index contributed by atoms with van der Waals surface area (Å²) in [5, 5.41) is 0. The van der Waals surface area contributed by atoms with Gasteiger partial charge in [-0.15, -0.1) is 0 Å². The van der Waals surface area contributed by atoms with Gasteiger partial charge in [0, 0.05) is 11.1 Å². The van der Waals surface area contributed by atoms with Gasteiger partial charge in [-0.3, -0.25) is 9.59 Å². The van der Waals surface area contributed by atoms with E-state index in [2.05, 4.69) is 0 Å². The van der Waals surface area contributed by atoms with Gasteiger partial charge in [-0.2, -0.15) is 0 Å². The molecule has 2 rings (SSSR count). The predicted octanol–water partition coefficient (Wildman–Crippen LogP) is 3.16. The third kappa shape index (κ3) is 3.67. The molecule has 0 saturated heterocycles. The van der Waals surface area contributed by atoms with E-state index in [1.54, 1.807) is 12.1 Å². The van der Waals surface area contributed by atoms with Crippen molar-refractivity contribution in [3.05, 3.63) is 70.3 Å². The molecule has 0 N–H and O–H groups in total. The van der Waals surface area contributed by atoms with Gasteiger partial charge in [0.25, 0.3) is 0 Å². The van der Waals surface area contributed by atoms with Crippen molar-refractivity contribution < 1.29 is 19.1 Å². The second kappa shape index (κ2) is 6.80. The smallest absolute Gasteiger partial charge is 0.338 e. The Labute approximate surface area is 128 Å². The summed E-state index contributed by atoms with van der Waals surface area (Å²) in [6, 6.07) is 11.4. The van der Waals surface area contributed by atoms with Crippen LogP contribution in [0.3, 0.4) is 0 Å². The zero-order valence-electron chi connectivity index (χ0n) is 12.5. The summed E-state index contributed by atoms with van der Waals surface area (Å²) in [6.45, 7) is 3.58. The Bertz CT molecular complexity index is 714. The maximum Gasteiger partial charge on any atom is 0.338 e. The van der Waals surface area contributed by atoms with Gasteiger partial charge >= 0.3 is 5.97 Å². The van der Waals surface area contributed by atoms with E-state index in [-0.39, 0.29) is 12.4 Å². The lowest BCUT2D eigenvalue weighted by atomic mass is 10.0. The number of Topliss-reactive ketones (excluding diaryl/α,β-unsaturated/α-hetero) is 1. The highest BCUT2D eigenvalue weighted by Crippen LogP contribution is 2.11. The van der Waals surface area contributed by atoms with Gasteiger partial charge in [-0.1, -0.05) is 24.3 Å². The Hall–Kier alpha value is -2.75. The van der Waals surface area contributed by atoms with Crippen molar-refractivity contribution in [2.75, 3.05) is 6.61 Å². The molecular weight excluding hydrogens is 280 g/mol. The quantitative estimate of drug-likeness (QED) is 0.483. The minimum atomic E-state index is -0.588. The van der Waals surface area contributed by atoms with Gasteiger partial charge in [-0.25, -0.2) is 4.79 Å². The Morgan fingerprint density at radius 3 is 2.18 bits per heavy atom. The van der Waals surface area contributed by atoms with E-state index in [1.165, 1.54) is 24.3 Å². The number of esters is 1. The van der Waals surface area contributed by atoms with Gasteiger partial charge in [0.1, 0.15) is 6.29 Å². The topological polar surface area (TPSA) is 60.4 Å². The number of ketones is 1. The zero-order chi connectivity index (χ0) is 16.1. The standard InChI is InChI=1S/C18H16O4/c1-12-3-6-16(9-13(12)2)17(20)11-22-18(21)15-7-4-14(10-19)5-8-15/h3-10H,11H2,1-2H3. The van der Waals surface area contributed by atoms with Crippen LogP contribution in [0.5, 0.6) is 0 Å². The monoisotopic (exact) mass is 296 g/mol. The molecule has 0 spiro atoms. The molecule has 0 aromatic heterocycles. The Morgan fingerprint density at radius 1 is 0.955 bits per heavy atom. The van der Waals surface area contributed by atoms with Gasteiger partial charge in [0.05, 0.1) is 5.56 Å². The van der Waals surface area contributed by atoms with Crippen LogP contribution < -0.4 is 0 Å². The van der Waals surface area contributed by atoms with Gasteiger partial charge < -0.3 is 4.74 Å². The van der Waals surface area contributed by atoms with Gasteiger partial charge in [0.15, 0.2) is 12.4 Å². The van der Waals surface area contributed by atoms with Crippen LogP contribution in [-0.2, 0) is 4.74 Å². The fourth-order valence-electron chi connectivity index (χ4n) is 1.91. The van der Waals surface area contributed by atoms with Crippen molar-refractivity contribution in [1.82, 2.24) is 0 Å². The number of ether oxygens (including phenoxy) is 1. The molecule has 0 aliphatic heterocycles. The molecule has 0 amide bonds. The van der Waals surface area contributed by atoms with Crippen LogP contribution in [0.25, 0.3) is 0 Å². The molecule has 0 unspecified atom stereocenters. The van der Waals surface area contributed by atoms with Crippen molar-refractivity contribution in [2.45, 2.75) is 13.8 Å². The lowest BCUT2D eigenvalue weighted by molar-refractivity contribution is 0.0474. The van der Waals surface area contributed by atoms with E-state index in [0.717, 1.165) is 11.1 Å². The van der Waals surface area contributed by atoms with E-state index in [4.69, 9.17) is 4.74 Å². The number of carbonyl (C=O) groups excluding carboxylic acids is 3. The number of rotatable bonds is 5. The first kappa shape index (κ1) is 15.6. The van der Waals surface area contributed by atoms with Crippen molar-refractivity contribution in [1.29, 1.82) is 0 Å².